The fourth-order valence-electron chi connectivity index (χ4n) is 9.07. The van der Waals surface area contributed by atoms with Gasteiger partial charge in [-0.15, -0.1) is 0 Å². The summed E-state index contributed by atoms with van der Waals surface area (Å²) in [6.07, 6.45) is -15.4. The van der Waals surface area contributed by atoms with Crippen molar-refractivity contribution in [1.82, 2.24) is 58.6 Å². The molecule has 12 N–H and O–H groups in total. The van der Waals surface area contributed by atoms with Crippen LogP contribution in [0.3, 0.4) is 0 Å². The lowest BCUT2D eigenvalue weighted by Crippen LogP contribution is -2.38. The SMILES string of the molecule is COC1C(OP(=O)(O)OCC2OC3C(O)C2OP(=O)(O)OCC2OC(C(O)C2O)n2cnc4c(nc(N)nc42)Nc2nc4c(ncn43)c(=O)[nH]2)C(COP(=O)(O)O)OC1n1cnc2c(NCc3ccccc3)ncnc21. The van der Waals surface area contributed by atoms with Crippen molar-refractivity contribution in [3.05, 3.63) is 71.6 Å². The number of aliphatic hydroxyl groups excluding tert-OH is 3. The molecule has 4 aliphatic heterocycles. The van der Waals surface area contributed by atoms with Gasteiger partial charge >= 0.3 is 23.5 Å². The lowest BCUT2D eigenvalue weighted by Gasteiger charge is -2.27. The highest BCUT2D eigenvalue weighted by Crippen LogP contribution is 2.53. The Bertz CT molecular complexity index is 3510. The van der Waals surface area contributed by atoms with Crippen LogP contribution in [0.15, 0.2) is 60.4 Å². The van der Waals surface area contributed by atoms with E-state index in [1.165, 1.54) is 35.2 Å². The zero-order valence-electron chi connectivity index (χ0n) is 38.7. The third kappa shape index (κ3) is 10.1. The maximum atomic E-state index is 14.1. The van der Waals surface area contributed by atoms with E-state index in [0.717, 1.165) is 16.5 Å². The Morgan fingerprint density at radius 3 is 2.21 bits per heavy atom. The van der Waals surface area contributed by atoms with Crippen molar-refractivity contribution in [2.75, 3.05) is 43.3 Å². The second kappa shape index (κ2) is 20.2. The summed E-state index contributed by atoms with van der Waals surface area (Å²) in [6, 6.07) is 9.39. The summed E-state index contributed by atoms with van der Waals surface area (Å²) in [4.78, 5) is 91.9. The van der Waals surface area contributed by atoms with Crippen LogP contribution >= 0.6 is 23.5 Å². The average Bonchev–Trinajstić information content (AvgIpc) is 4.25. The molecule has 76 heavy (non-hydrogen) atoms. The van der Waals surface area contributed by atoms with Crippen molar-refractivity contribution in [2.24, 2.45) is 0 Å². The van der Waals surface area contributed by atoms with Crippen molar-refractivity contribution in [1.29, 1.82) is 0 Å². The number of fused-ring (bicyclic) bond motifs is 8. The number of nitrogen functional groups attached to an aromatic ring is 1. The molecule has 11 rings (SSSR count). The largest absolute Gasteiger partial charge is 0.472 e. The van der Waals surface area contributed by atoms with Crippen molar-refractivity contribution >= 4 is 80.5 Å². The van der Waals surface area contributed by atoms with Gasteiger partial charge in [0.2, 0.25) is 11.9 Å². The van der Waals surface area contributed by atoms with Crippen LogP contribution in [0.5, 0.6) is 0 Å². The van der Waals surface area contributed by atoms with Gasteiger partial charge in [0.15, 0.2) is 63.8 Å². The van der Waals surface area contributed by atoms with Crippen molar-refractivity contribution in [2.45, 2.75) is 80.2 Å². The highest BCUT2D eigenvalue weighted by atomic mass is 31.2. The van der Waals surface area contributed by atoms with E-state index in [-0.39, 0.29) is 51.2 Å². The minimum atomic E-state index is -5.49. The normalized spacial score (nSPS) is 30.7. The Hall–Kier alpha value is -5.88. The van der Waals surface area contributed by atoms with E-state index in [2.05, 4.69) is 55.5 Å². The molecule has 0 radical (unpaired) electrons. The van der Waals surface area contributed by atoms with Crippen molar-refractivity contribution in [3.8, 4) is 0 Å². The maximum absolute atomic E-state index is 14.1. The van der Waals surface area contributed by atoms with Crippen LogP contribution in [0.25, 0.3) is 33.5 Å². The molecule has 10 heterocycles. The molecule has 4 aliphatic rings. The van der Waals surface area contributed by atoms with E-state index in [9.17, 15) is 53.4 Å². The van der Waals surface area contributed by atoms with Gasteiger partial charge < -0.3 is 70.2 Å². The predicted molar refractivity (Wildman–Crippen MR) is 250 cm³/mol. The molecule has 0 saturated carbocycles. The molecule has 14 atom stereocenters. The zero-order valence-corrected chi connectivity index (χ0v) is 41.4. The number of phosphoric ester groups is 3. The van der Waals surface area contributed by atoms with Crippen LogP contribution in [0, 0.1) is 0 Å². The van der Waals surface area contributed by atoms with Gasteiger partial charge in [-0.1, -0.05) is 30.3 Å². The number of nitrogens with two attached hydrogens (primary N) is 1. The van der Waals surface area contributed by atoms with E-state index in [1.807, 2.05) is 30.3 Å². The fourth-order valence-corrected chi connectivity index (χ4v) is 11.3. The topological polar surface area (TPSA) is 477 Å². The Balaban J connectivity index is 0.882. The molecule has 406 valence electrons. The van der Waals surface area contributed by atoms with E-state index >= 15 is 0 Å². The van der Waals surface area contributed by atoms with Crippen LogP contribution in [0.2, 0.25) is 0 Å². The number of hydrogen-bond acceptors (Lipinski definition) is 27. The number of phosphoric acid groups is 3. The Morgan fingerprint density at radius 1 is 0.803 bits per heavy atom. The smallest absolute Gasteiger partial charge is 0.387 e. The molecule has 35 nitrogen and oxygen atoms in total. The number of aliphatic hydroxyl groups is 3. The van der Waals surface area contributed by atoms with Crippen LogP contribution in [0.4, 0.5) is 23.5 Å². The molecule has 1 aromatic carbocycles. The second-order valence-corrected chi connectivity index (χ2v) is 21.4. The van der Waals surface area contributed by atoms with Crippen LogP contribution in [0.1, 0.15) is 24.2 Å². The van der Waals surface area contributed by atoms with E-state index in [4.69, 9.17) is 47.3 Å². The number of rotatable bonds is 13. The first-order valence-electron chi connectivity index (χ1n) is 22.5. The zero-order chi connectivity index (χ0) is 53.4. The molecule has 10 bridgehead atoms. The number of anilines is 4. The predicted octanol–water partition coefficient (Wildman–Crippen LogP) is -1.05. The van der Waals surface area contributed by atoms with Crippen LogP contribution < -0.4 is 21.9 Å². The highest BCUT2D eigenvalue weighted by Gasteiger charge is 2.54. The fraction of sp³-hybridized carbons (Fsp3) is 0.447. The molecule has 3 saturated heterocycles. The van der Waals surface area contributed by atoms with Crippen LogP contribution in [-0.2, 0) is 61.8 Å². The summed E-state index contributed by atoms with van der Waals surface area (Å²) in [6.45, 7) is -2.60. The average molecular weight is 1120 g/mol. The molecular formula is C38H44N15O20P3. The Labute approximate surface area is 423 Å². The highest BCUT2D eigenvalue weighted by molar-refractivity contribution is 7.47. The number of aromatic nitrogens is 12. The molecule has 38 heteroatoms. The van der Waals surface area contributed by atoms with Gasteiger partial charge in [0.25, 0.3) is 5.56 Å². The summed E-state index contributed by atoms with van der Waals surface area (Å²) < 4.78 is 93.5. The number of H-pyrrole nitrogens is 1. The lowest BCUT2D eigenvalue weighted by atomic mass is 10.1. The monoisotopic (exact) mass is 1120 g/mol. The minimum Gasteiger partial charge on any atom is -0.387 e. The number of benzene rings is 1. The van der Waals surface area contributed by atoms with Crippen molar-refractivity contribution < 1.29 is 90.2 Å². The number of hydrogen-bond donors (Lipinski definition) is 11. The summed E-state index contributed by atoms with van der Waals surface area (Å²) >= 11 is 0. The number of ether oxygens (including phenoxy) is 4. The number of methoxy groups -OCH3 is 1. The number of nitrogens with zero attached hydrogens (tertiary/aromatic N) is 11. The number of nitrogens with one attached hydrogen (secondary N) is 3. The van der Waals surface area contributed by atoms with Gasteiger partial charge in [-0.25, -0.2) is 38.6 Å². The first-order valence-corrected chi connectivity index (χ1v) is 27.0. The van der Waals surface area contributed by atoms with Crippen LogP contribution in [-0.4, -0.2) is 175 Å². The molecule has 14 unspecified atom stereocenters. The van der Waals surface area contributed by atoms with Gasteiger partial charge in [-0.3, -0.25) is 46.1 Å². The van der Waals surface area contributed by atoms with E-state index < -0.39 is 122 Å². The molecular weight excluding hydrogens is 1080 g/mol. The standard InChI is InChI=1S/C38H44N15O20P3/c1-65-27-26(18(9-66-74(58,59)60)71-36(27)51-12-43-19-28(41-11-42-30(19)51)40-7-15-5-3-2-4-6-15)73-76(63,64)68-10-17-25-24(56)35(70-17)53-14-45-21-32(53)49-38(50-33(21)57)47-29-20-31(48-37(39)46-29)52(13-44-20)34-23(55)22(54)16(69-34)8-67-75(61,62)72-25/h2-6,11-14,16-18,22-27,34-36,54-56H,7-10H2,1H3,(H,61,62)(H,63,64)(H,40,41,42)(H2,58,59,60)(H4,39,46,47,48,49,50,57). The van der Waals surface area contributed by atoms with Gasteiger partial charge in [-0.05, 0) is 5.56 Å². The Morgan fingerprint density at radius 2 is 1.47 bits per heavy atom. The second-order valence-electron chi connectivity index (χ2n) is 17.3. The van der Waals surface area contributed by atoms with Gasteiger partial charge in [0.1, 0.15) is 61.3 Å². The molecule has 0 spiro atoms. The number of aromatic amines is 1. The third-order valence-corrected chi connectivity index (χ3v) is 15.0. The summed E-state index contributed by atoms with van der Waals surface area (Å²) in [7, 11) is -14.9. The van der Waals surface area contributed by atoms with Gasteiger partial charge in [0, 0.05) is 13.7 Å². The third-order valence-electron chi connectivity index (χ3n) is 12.5. The molecule has 7 aromatic rings. The maximum Gasteiger partial charge on any atom is 0.472 e. The van der Waals surface area contributed by atoms with Gasteiger partial charge in [-0.2, -0.15) is 15.0 Å². The lowest BCUT2D eigenvalue weighted by molar-refractivity contribution is -0.0618. The summed E-state index contributed by atoms with van der Waals surface area (Å²) in [5.41, 5.74) is 6.00. The molecule has 0 amide bonds. The van der Waals surface area contributed by atoms with Crippen molar-refractivity contribution in [3.63, 3.8) is 0 Å². The molecule has 0 aliphatic carbocycles. The molecule has 6 aromatic heterocycles. The first-order chi connectivity index (χ1) is 36.2. The first kappa shape index (κ1) is 52.2. The van der Waals surface area contributed by atoms with E-state index in [1.54, 1.807) is 0 Å². The summed E-state index contributed by atoms with van der Waals surface area (Å²) in [5, 5.41) is 39.9. The summed E-state index contributed by atoms with van der Waals surface area (Å²) in [5.74, 6) is -0.400. The molecule has 3 fully saturated rings. The van der Waals surface area contributed by atoms with Gasteiger partial charge in [0.05, 0.1) is 38.8 Å². The van der Waals surface area contributed by atoms with E-state index in [0.29, 0.717) is 12.4 Å². The Kier molecular flexibility index (Phi) is 13.8. The quantitative estimate of drug-likeness (QED) is 0.0614. The number of imidazole rings is 3. The minimum absolute atomic E-state index is 0.0125.